The lowest BCUT2D eigenvalue weighted by atomic mass is 10.1. The Kier molecular flexibility index (Phi) is 5.48. The third kappa shape index (κ3) is 3.68. The van der Waals surface area contributed by atoms with Crippen molar-refractivity contribution in [3.63, 3.8) is 0 Å². The molecule has 1 aliphatic rings. The number of ether oxygens (including phenoxy) is 1. The fraction of sp³-hybridized carbons (Fsp3) is 0.389. The molecule has 0 radical (unpaired) electrons. The van der Waals surface area contributed by atoms with Crippen molar-refractivity contribution in [2.75, 3.05) is 19.0 Å². The highest BCUT2D eigenvalue weighted by Crippen LogP contribution is 2.29. The van der Waals surface area contributed by atoms with Crippen molar-refractivity contribution < 1.29 is 14.3 Å². The molecule has 2 aromatic rings. The second-order valence-corrected chi connectivity index (χ2v) is 7.79. The van der Waals surface area contributed by atoms with Gasteiger partial charge < -0.3 is 15.0 Å². The van der Waals surface area contributed by atoms with Gasteiger partial charge in [-0.3, -0.25) is 9.59 Å². The van der Waals surface area contributed by atoms with E-state index in [0.29, 0.717) is 34.4 Å². The molecule has 1 aliphatic heterocycles. The van der Waals surface area contributed by atoms with E-state index in [1.165, 1.54) is 18.4 Å². The Labute approximate surface area is 161 Å². The minimum atomic E-state index is -0.532. The zero-order valence-corrected chi connectivity index (χ0v) is 16.4. The van der Waals surface area contributed by atoms with E-state index in [4.69, 9.17) is 16.3 Å². The first kappa shape index (κ1) is 18.7. The number of likely N-dealkylation sites (tertiary alicyclic amines) is 1. The highest BCUT2D eigenvalue weighted by molar-refractivity contribution is 7.15. The molecule has 1 N–H and O–H groups in total. The first-order chi connectivity index (χ1) is 12.4. The second kappa shape index (κ2) is 7.63. The van der Waals surface area contributed by atoms with E-state index in [-0.39, 0.29) is 11.8 Å². The average Bonchev–Trinajstić information content (AvgIpc) is 3.21. The summed E-state index contributed by atoms with van der Waals surface area (Å²) in [5, 5.41) is 3.85. The molecule has 0 unspecified atom stereocenters. The number of halogens is 1. The fourth-order valence-electron chi connectivity index (χ4n) is 3.00. The van der Waals surface area contributed by atoms with Crippen molar-refractivity contribution in [2.24, 2.45) is 0 Å². The normalized spacial score (nSPS) is 16.6. The number of anilines is 1. The summed E-state index contributed by atoms with van der Waals surface area (Å²) in [5.41, 5.74) is 1.26. The maximum atomic E-state index is 13.0. The summed E-state index contributed by atoms with van der Waals surface area (Å²) in [4.78, 5) is 32.7. The van der Waals surface area contributed by atoms with Crippen molar-refractivity contribution in [1.82, 2.24) is 9.88 Å². The van der Waals surface area contributed by atoms with Gasteiger partial charge in [-0.15, -0.1) is 11.3 Å². The van der Waals surface area contributed by atoms with Crippen molar-refractivity contribution in [2.45, 2.75) is 32.7 Å². The molecule has 1 fully saturated rings. The van der Waals surface area contributed by atoms with Crippen LogP contribution in [0.25, 0.3) is 0 Å². The number of carbonyl (C=O) groups excluding carboxylic acids is 2. The van der Waals surface area contributed by atoms with Gasteiger partial charge in [0, 0.05) is 16.4 Å². The number of aryl methyl sites for hydroxylation is 2. The Morgan fingerprint density at radius 3 is 2.81 bits per heavy atom. The van der Waals surface area contributed by atoms with Crippen molar-refractivity contribution in [3.8, 4) is 5.75 Å². The van der Waals surface area contributed by atoms with Crippen LogP contribution in [0.5, 0.6) is 5.75 Å². The van der Waals surface area contributed by atoms with Crippen molar-refractivity contribution >= 4 is 39.9 Å². The van der Waals surface area contributed by atoms with Gasteiger partial charge in [0.25, 0.3) is 5.91 Å². The van der Waals surface area contributed by atoms with E-state index >= 15 is 0 Å². The zero-order chi connectivity index (χ0) is 18.8. The molecule has 3 rings (SSSR count). The number of nitrogens with one attached hydrogen (secondary N) is 1. The largest absolute Gasteiger partial charge is 0.496 e. The molecule has 2 heterocycles. The van der Waals surface area contributed by atoms with Crippen molar-refractivity contribution in [3.05, 3.63) is 39.4 Å². The molecular weight excluding hydrogens is 374 g/mol. The number of aromatic nitrogens is 1. The van der Waals surface area contributed by atoms with Gasteiger partial charge in [-0.1, -0.05) is 11.6 Å². The number of methoxy groups -OCH3 is 1. The summed E-state index contributed by atoms with van der Waals surface area (Å²) < 4.78 is 5.27. The molecule has 2 amide bonds. The lowest BCUT2D eigenvalue weighted by Gasteiger charge is -2.24. The number of nitrogens with zero attached hydrogens (tertiary/aromatic N) is 2. The maximum absolute atomic E-state index is 13.0. The molecule has 6 nitrogen and oxygen atoms in total. The third-order valence-corrected chi connectivity index (χ3v) is 5.69. The van der Waals surface area contributed by atoms with Crippen LogP contribution in [0.1, 0.15) is 33.8 Å². The van der Waals surface area contributed by atoms with E-state index in [1.54, 1.807) is 23.1 Å². The lowest BCUT2D eigenvalue weighted by Crippen LogP contribution is -2.43. The smallest absolute Gasteiger partial charge is 0.258 e. The fourth-order valence-corrected chi connectivity index (χ4v) is 3.99. The number of carbonyl (C=O) groups is 2. The predicted octanol–water partition coefficient (Wildman–Crippen LogP) is 3.67. The Balaban J connectivity index is 1.80. The Bertz CT molecular complexity index is 833. The molecule has 1 atom stereocenters. The van der Waals surface area contributed by atoms with Gasteiger partial charge in [0.2, 0.25) is 5.91 Å². The minimum Gasteiger partial charge on any atom is -0.496 e. The third-order valence-electron chi connectivity index (χ3n) is 4.47. The van der Waals surface area contributed by atoms with Crippen LogP contribution in [-0.2, 0) is 4.79 Å². The van der Waals surface area contributed by atoms with Crippen LogP contribution in [0.3, 0.4) is 0 Å². The van der Waals surface area contributed by atoms with Crippen LogP contribution in [0.15, 0.2) is 18.2 Å². The van der Waals surface area contributed by atoms with Crippen LogP contribution >= 0.6 is 22.9 Å². The summed E-state index contributed by atoms with van der Waals surface area (Å²) in [5.74, 6) is -0.0317. The molecule has 138 valence electrons. The molecule has 26 heavy (non-hydrogen) atoms. The number of amides is 2. The first-order valence-electron chi connectivity index (χ1n) is 8.30. The minimum absolute atomic E-state index is 0.217. The van der Waals surface area contributed by atoms with Gasteiger partial charge >= 0.3 is 0 Å². The molecule has 1 aromatic carbocycles. The van der Waals surface area contributed by atoms with Gasteiger partial charge in [0.05, 0.1) is 18.4 Å². The Hall–Kier alpha value is -2.12. The quantitative estimate of drug-likeness (QED) is 0.860. The van der Waals surface area contributed by atoms with E-state index in [1.807, 2.05) is 13.8 Å². The highest BCUT2D eigenvalue weighted by Gasteiger charge is 2.36. The van der Waals surface area contributed by atoms with Gasteiger partial charge in [-0.05, 0) is 44.9 Å². The van der Waals surface area contributed by atoms with Crippen LogP contribution in [0.2, 0.25) is 5.02 Å². The van der Waals surface area contributed by atoms with Gasteiger partial charge in [-0.2, -0.15) is 0 Å². The van der Waals surface area contributed by atoms with Crippen molar-refractivity contribution in [1.29, 1.82) is 0 Å². The summed E-state index contributed by atoms with van der Waals surface area (Å²) in [6.45, 7) is 4.38. The summed E-state index contributed by atoms with van der Waals surface area (Å²) >= 11 is 7.47. The van der Waals surface area contributed by atoms with Gasteiger partial charge in [0.1, 0.15) is 11.8 Å². The summed E-state index contributed by atoms with van der Waals surface area (Å²) in [6.07, 6.45) is 1.38. The summed E-state index contributed by atoms with van der Waals surface area (Å²) in [7, 11) is 1.50. The zero-order valence-electron chi connectivity index (χ0n) is 14.8. The molecule has 1 saturated heterocycles. The average molecular weight is 394 g/mol. The Morgan fingerprint density at radius 1 is 1.38 bits per heavy atom. The highest BCUT2D eigenvalue weighted by atomic mass is 35.5. The Morgan fingerprint density at radius 2 is 2.15 bits per heavy atom. The van der Waals surface area contributed by atoms with E-state index in [9.17, 15) is 9.59 Å². The number of benzene rings is 1. The number of hydrogen-bond donors (Lipinski definition) is 1. The predicted molar refractivity (Wildman–Crippen MR) is 102 cm³/mol. The van der Waals surface area contributed by atoms with E-state index in [2.05, 4.69) is 10.3 Å². The second-order valence-electron chi connectivity index (χ2n) is 6.15. The van der Waals surface area contributed by atoms with Crippen LogP contribution < -0.4 is 10.1 Å². The molecule has 1 aromatic heterocycles. The first-order valence-corrected chi connectivity index (χ1v) is 9.49. The molecule has 0 saturated carbocycles. The molecular formula is C18H20ClN3O3S. The molecule has 8 heteroatoms. The van der Waals surface area contributed by atoms with Crippen LogP contribution in [-0.4, -0.2) is 41.4 Å². The van der Waals surface area contributed by atoms with Gasteiger partial charge in [0.15, 0.2) is 5.13 Å². The maximum Gasteiger partial charge on any atom is 0.258 e. The van der Waals surface area contributed by atoms with E-state index < -0.39 is 6.04 Å². The molecule has 0 bridgehead atoms. The monoisotopic (exact) mass is 393 g/mol. The van der Waals surface area contributed by atoms with Gasteiger partial charge in [-0.25, -0.2) is 4.98 Å². The lowest BCUT2D eigenvalue weighted by molar-refractivity contribution is -0.119. The topological polar surface area (TPSA) is 71.5 Å². The number of hydrogen-bond acceptors (Lipinski definition) is 5. The summed E-state index contributed by atoms with van der Waals surface area (Å²) in [6, 6.07) is 4.36. The van der Waals surface area contributed by atoms with Crippen LogP contribution in [0, 0.1) is 13.8 Å². The standard InChI is InChI=1S/C18H20ClN3O3S/c1-10-11(2)26-18(20-10)21-16(23)14-5-4-8-22(14)17(24)13-9-12(19)6-7-15(13)25-3/h6-7,9,14H,4-5,8H2,1-3H3,(H,20,21,23)/t14-/m1/s1. The van der Waals surface area contributed by atoms with E-state index in [0.717, 1.165) is 17.0 Å². The SMILES string of the molecule is COc1ccc(Cl)cc1C(=O)N1CCC[C@@H]1C(=O)Nc1nc(C)c(C)s1. The number of thiazole rings is 1. The molecule has 0 spiro atoms. The van der Waals surface area contributed by atoms with Crippen LogP contribution in [0.4, 0.5) is 5.13 Å². The number of rotatable bonds is 4. The molecule has 0 aliphatic carbocycles.